The number of hydrogen-bond donors (Lipinski definition) is 3. The number of phenolic OH excluding ortho intramolecular Hbond substituents is 2. The monoisotopic (exact) mass is 303 g/mol. The number of hydrogen-bond acceptors (Lipinski definition) is 6. The molecule has 0 aliphatic carbocycles. The van der Waals surface area contributed by atoms with Crippen molar-refractivity contribution in [1.82, 2.24) is 10.1 Å². The SMILES string of the molecule is NCc1nc(-c2cc(Br)c(F)c(O)c2O)no1. The van der Waals surface area contributed by atoms with Crippen LogP contribution in [0.1, 0.15) is 5.89 Å². The van der Waals surface area contributed by atoms with Gasteiger partial charge in [-0.15, -0.1) is 0 Å². The molecule has 90 valence electrons. The van der Waals surface area contributed by atoms with Crippen LogP contribution in [-0.4, -0.2) is 20.4 Å². The summed E-state index contributed by atoms with van der Waals surface area (Å²) in [6, 6.07) is 1.23. The first kappa shape index (κ1) is 11.8. The molecule has 0 aliphatic heterocycles. The van der Waals surface area contributed by atoms with Crippen molar-refractivity contribution in [2.45, 2.75) is 6.54 Å². The van der Waals surface area contributed by atoms with Gasteiger partial charge in [0.25, 0.3) is 0 Å². The highest BCUT2D eigenvalue weighted by Gasteiger charge is 2.20. The molecule has 2 aromatic rings. The minimum atomic E-state index is -0.964. The molecule has 0 aliphatic rings. The van der Waals surface area contributed by atoms with E-state index < -0.39 is 17.3 Å². The average molecular weight is 304 g/mol. The third-order valence-electron chi connectivity index (χ3n) is 2.05. The van der Waals surface area contributed by atoms with Crippen LogP contribution < -0.4 is 5.73 Å². The summed E-state index contributed by atoms with van der Waals surface area (Å²) >= 11 is 2.90. The first-order valence-corrected chi connectivity index (χ1v) is 5.26. The molecule has 1 heterocycles. The molecular weight excluding hydrogens is 297 g/mol. The van der Waals surface area contributed by atoms with E-state index in [1.165, 1.54) is 6.07 Å². The molecule has 1 aromatic carbocycles. The minimum Gasteiger partial charge on any atom is -0.504 e. The van der Waals surface area contributed by atoms with Gasteiger partial charge in [-0.05, 0) is 22.0 Å². The first-order valence-electron chi connectivity index (χ1n) is 4.47. The molecule has 0 atom stereocenters. The molecule has 0 saturated heterocycles. The zero-order chi connectivity index (χ0) is 12.6. The van der Waals surface area contributed by atoms with Crippen molar-refractivity contribution in [3.05, 3.63) is 22.2 Å². The second-order valence-corrected chi connectivity index (χ2v) is 3.99. The lowest BCUT2D eigenvalue weighted by Crippen LogP contribution is -1.95. The molecule has 8 heteroatoms. The molecule has 2 rings (SSSR count). The van der Waals surface area contributed by atoms with Crippen LogP contribution in [0.25, 0.3) is 11.4 Å². The molecule has 0 amide bonds. The van der Waals surface area contributed by atoms with Crippen LogP contribution in [0.2, 0.25) is 0 Å². The van der Waals surface area contributed by atoms with Crippen LogP contribution in [0.3, 0.4) is 0 Å². The number of nitrogens with two attached hydrogens (primary N) is 1. The lowest BCUT2D eigenvalue weighted by molar-refractivity contribution is 0.374. The summed E-state index contributed by atoms with van der Waals surface area (Å²) in [7, 11) is 0. The van der Waals surface area contributed by atoms with Crippen molar-refractivity contribution < 1.29 is 19.1 Å². The Hall–Kier alpha value is -1.67. The molecule has 0 radical (unpaired) electrons. The Bertz CT molecular complexity index is 573. The van der Waals surface area contributed by atoms with E-state index >= 15 is 0 Å². The molecule has 0 unspecified atom stereocenters. The minimum absolute atomic E-state index is 0.0129. The molecular formula is C9H7BrFN3O3. The number of phenols is 2. The summed E-state index contributed by atoms with van der Waals surface area (Å²) in [4.78, 5) is 3.85. The standard InChI is InChI=1S/C9H7BrFN3O3/c10-4-1-3(7(15)8(16)6(4)11)9-13-5(2-12)17-14-9/h1,15-16H,2,12H2. The number of aromatic nitrogens is 2. The highest BCUT2D eigenvalue weighted by molar-refractivity contribution is 9.10. The number of rotatable bonds is 2. The number of aromatic hydroxyl groups is 2. The maximum atomic E-state index is 13.2. The van der Waals surface area contributed by atoms with E-state index in [1.807, 2.05) is 0 Å². The van der Waals surface area contributed by atoms with Gasteiger partial charge >= 0.3 is 0 Å². The van der Waals surface area contributed by atoms with Crippen LogP contribution >= 0.6 is 15.9 Å². The average Bonchev–Trinajstić information content (AvgIpc) is 2.79. The number of halogens is 2. The quantitative estimate of drug-likeness (QED) is 0.726. The zero-order valence-corrected chi connectivity index (χ0v) is 9.90. The van der Waals surface area contributed by atoms with Gasteiger partial charge in [0, 0.05) is 0 Å². The lowest BCUT2D eigenvalue weighted by Gasteiger charge is -2.05. The highest BCUT2D eigenvalue weighted by atomic mass is 79.9. The molecule has 0 saturated carbocycles. The number of nitrogens with zero attached hydrogens (tertiary/aromatic N) is 2. The van der Waals surface area contributed by atoms with Crippen molar-refractivity contribution in [2.75, 3.05) is 0 Å². The van der Waals surface area contributed by atoms with Gasteiger partial charge in [0.15, 0.2) is 17.3 Å². The van der Waals surface area contributed by atoms with Gasteiger partial charge in [-0.25, -0.2) is 4.39 Å². The van der Waals surface area contributed by atoms with E-state index in [0.29, 0.717) is 0 Å². The predicted molar refractivity (Wildman–Crippen MR) is 58.6 cm³/mol. The normalized spacial score (nSPS) is 10.8. The van der Waals surface area contributed by atoms with E-state index in [9.17, 15) is 14.6 Å². The molecule has 17 heavy (non-hydrogen) atoms. The van der Waals surface area contributed by atoms with Gasteiger partial charge in [0.2, 0.25) is 11.7 Å². The number of benzene rings is 1. The van der Waals surface area contributed by atoms with Crippen molar-refractivity contribution in [1.29, 1.82) is 0 Å². The van der Waals surface area contributed by atoms with Gasteiger partial charge in [0.05, 0.1) is 16.6 Å². The van der Waals surface area contributed by atoms with E-state index in [2.05, 4.69) is 26.1 Å². The third kappa shape index (κ3) is 1.96. The van der Waals surface area contributed by atoms with Gasteiger partial charge < -0.3 is 20.5 Å². The van der Waals surface area contributed by atoms with Crippen LogP contribution in [0.4, 0.5) is 4.39 Å². The molecule has 0 fully saturated rings. The summed E-state index contributed by atoms with van der Waals surface area (Å²) in [5.74, 6) is -2.32. The summed E-state index contributed by atoms with van der Waals surface area (Å²) < 4.78 is 17.9. The second kappa shape index (κ2) is 4.30. The fourth-order valence-corrected chi connectivity index (χ4v) is 1.64. The Morgan fingerprint density at radius 2 is 2.12 bits per heavy atom. The zero-order valence-electron chi connectivity index (χ0n) is 8.31. The van der Waals surface area contributed by atoms with E-state index in [1.54, 1.807) is 0 Å². The molecule has 0 bridgehead atoms. The summed E-state index contributed by atoms with van der Waals surface area (Å²) in [5, 5.41) is 22.5. The van der Waals surface area contributed by atoms with Gasteiger partial charge in [-0.2, -0.15) is 4.98 Å². The second-order valence-electron chi connectivity index (χ2n) is 3.13. The van der Waals surface area contributed by atoms with Crippen LogP contribution in [0.5, 0.6) is 11.5 Å². The largest absolute Gasteiger partial charge is 0.504 e. The third-order valence-corrected chi connectivity index (χ3v) is 2.63. The Balaban J connectivity index is 2.59. The smallest absolute Gasteiger partial charge is 0.240 e. The Morgan fingerprint density at radius 3 is 2.71 bits per heavy atom. The van der Waals surface area contributed by atoms with Crippen molar-refractivity contribution in [2.24, 2.45) is 5.73 Å². The van der Waals surface area contributed by atoms with Crippen molar-refractivity contribution in [3.8, 4) is 22.9 Å². The maximum absolute atomic E-state index is 13.2. The maximum Gasteiger partial charge on any atom is 0.240 e. The first-order chi connectivity index (χ1) is 8.04. The molecule has 6 nitrogen and oxygen atoms in total. The van der Waals surface area contributed by atoms with Gasteiger partial charge in [-0.3, -0.25) is 0 Å². The predicted octanol–water partition coefficient (Wildman–Crippen LogP) is 1.51. The van der Waals surface area contributed by atoms with Crippen LogP contribution in [-0.2, 0) is 6.54 Å². The Labute approximate surface area is 103 Å². The topological polar surface area (TPSA) is 105 Å². The van der Waals surface area contributed by atoms with E-state index in [0.717, 1.165) is 0 Å². The molecule has 0 spiro atoms. The Morgan fingerprint density at radius 1 is 1.41 bits per heavy atom. The highest BCUT2D eigenvalue weighted by Crippen LogP contribution is 2.40. The van der Waals surface area contributed by atoms with Crippen molar-refractivity contribution in [3.63, 3.8) is 0 Å². The summed E-state index contributed by atoms with van der Waals surface area (Å²) in [6.45, 7) is 0.0438. The molecule has 4 N–H and O–H groups in total. The van der Waals surface area contributed by atoms with Gasteiger partial charge in [-0.1, -0.05) is 5.16 Å². The van der Waals surface area contributed by atoms with Crippen LogP contribution in [0, 0.1) is 5.82 Å². The summed E-state index contributed by atoms with van der Waals surface area (Å²) in [5.41, 5.74) is 5.33. The van der Waals surface area contributed by atoms with E-state index in [4.69, 9.17) is 10.3 Å². The van der Waals surface area contributed by atoms with Gasteiger partial charge in [0.1, 0.15) is 0 Å². The van der Waals surface area contributed by atoms with Crippen molar-refractivity contribution >= 4 is 15.9 Å². The van der Waals surface area contributed by atoms with E-state index in [-0.39, 0.29) is 28.3 Å². The fourth-order valence-electron chi connectivity index (χ4n) is 1.22. The molecule has 1 aromatic heterocycles. The Kier molecular flexibility index (Phi) is 2.99. The summed E-state index contributed by atoms with van der Waals surface area (Å²) in [6.07, 6.45) is 0. The lowest BCUT2D eigenvalue weighted by atomic mass is 10.1. The fraction of sp³-hybridized carbons (Fsp3) is 0.111. The van der Waals surface area contributed by atoms with Crippen LogP contribution in [0.15, 0.2) is 15.1 Å².